The minimum atomic E-state index is -2.11. The lowest BCUT2D eigenvalue weighted by atomic mass is 9.84. The van der Waals surface area contributed by atoms with Crippen molar-refractivity contribution in [2.24, 2.45) is 0 Å². The van der Waals surface area contributed by atoms with Gasteiger partial charge in [0.1, 0.15) is 30.8 Å². The van der Waals surface area contributed by atoms with E-state index in [-0.39, 0.29) is 51.3 Å². The Morgan fingerprint density at radius 3 is 1.53 bits per heavy atom. The van der Waals surface area contributed by atoms with Crippen LogP contribution in [0.25, 0.3) is 0 Å². The molecule has 0 bridgehead atoms. The summed E-state index contributed by atoms with van der Waals surface area (Å²) in [6.07, 6.45) is 29.5. The van der Waals surface area contributed by atoms with Gasteiger partial charge in [-0.3, -0.25) is 9.59 Å². The smallest absolute Gasteiger partial charge is 0.245 e. The fourth-order valence-electron chi connectivity index (χ4n) is 11.6. The van der Waals surface area contributed by atoms with Crippen molar-refractivity contribution in [3.05, 3.63) is 95.1 Å². The van der Waals surface area contributed by atoms with Crippen LogP contribution in [0.15, 0.2) is 72.8 Å². The number of carbonyl (C=O) groups excluding carboxylic acids is 2. The van der Waals surface area contributed by atoms with Gasteiger partial charge in [-0.2, -0.15) is 0 Å². The van der Waals surface area contributed by atoms with Gasteiger partial charge >= 0.3 is 0 Å². The molecule has 12 heteroatoms. The van der Waals surface area contributed by atoms with Crippen molar-refractivity contribution in [1.82, 2.24) is 10.2 Å². The van der Waals surface area contributed by atoms with E-state index < -0.39 is 31.0 Å². The molecule has 9 nitrogen and oxygen atoms in total. The Bertz CT molecular complexity index is 2390. The Balaban J connectivity index is 1.06. The van der Waals surface area contributed by atoms with E-state index in [1.807, 2.05) is 47.4 Å². The summed E-state index contributed by atoms with van der Waals surface area (Å²) >= 11 is 0. The molecule has 0 aromatic heterocycles. The first-order valence-electron chi connectivity index (χ1n) is 34.3. The number of piperidine rings is 1. The SMILES string of the molecule is CCCCCCCCCC[C@H](O[Si](C)(C)C(C)(C)C)[C@H](CC[C@H](CCCCCCCCCCCCC(=O)N[C@H]1CC[C@H]2c3c(cc(OCc4ccccc4)cc3OCc3ccccc3)CCN2C1=O)O[Si](C)(C)C(C)(C)C)O[Si](C)(C)C(C)(C)C. The summed E-state index contributed by atoms with van der Waals surface area (Å²) in [4.78, 5) is 29.4. The van der Waals surface area contributed by atoms with Crippen LogP contribution < -0.4 is 14.8 Å². The first kappa shape index (κ1) is 72.5. The molecule has 3 aromatic carbocycles. The summed E-state index contributed by atoms with van der Waals surface area (Å²) < 4.78 is 35.3. The third-order valence-corrected chi connectivity index (χ3v) is 33.7. The maximum absolute atomic E-state index is 14.1. The second kappa shape index (κ2) is 34.6. The summed E-state index contributed by atoms with van der Waals surface area (Å²) in [6.45, 7) is 39.9. The highest BCUT2D eigenvalue weighted by Crippen LogP contribution is 2.46. The normalized spacial score (nSPS) is 17.3. The quantitative estimate of drug-likeness (QED) is 0.0449. The summed E-state index contributed by atoms with van der Waals surface area (Å²) in [5.74, 6) is 1.55. The highest BCUT2D eigenvalue weighted by molar-refractivity contribution is 6.75. The zero-order chi connectivity index (χ0) is 62.3. The molecule has 0 aliphatic carbocycles. The predicted octanol–water partition coefficient (Wildman–Crippen LogP) is 20.7. The van der Waals surface area contributed by atoms with E-state index in [2.05, 4.69) is 144 Å². The fraction of sp³-hybridized carbons (Fsp3) is 0.726. The standard InChI is InChI=1S/C73H124N2O7Si3/c1-17-18-19-20-21-27-30-39-46-65(81-84(13,14)72(5,6)7)66(82-85(15,16)73(8,9)10)51-48-61(80-83(11,12)71(2,3)4)45-38-29-26-24-22-23-25-28-31-40-47-68(76)74-63-49-50-64-69-60(52-53-75(64)70(63)77)54-62(78-56-58-41-34-32-35-42-58)55-67(69)79-57-59-43-36-33-37-44-59/h32-37,41-44,54-55,61,63-66H,17-31,38-40,45-53,56-57H2,1-16H3,(H,74,76)/t61-,63-,64-,65-,66-/m0/s1. The van der Waals surface area contributed by atoms with Crippen molar-refractivity contribution in [2.45, 2.75) is 334 Å². The first-order chi connectivity index (χ1) is 40.1. The van der Waals surface area contributed by atoms with Gasteiger partial charge in [0.15, 0.2) is 25.0 Å². The predicted molar refractivity (Wildman–Crippen MR) is 365 cm³/mol. The van der Waals surface area contributed by atoms with Crippen LogP contribution in [-0.4, -0.2) is 72.6 Å². The lowest BCUT2D eigenvalue weighted by molar-refractivity contribution is -0.142. The van der Waals surface area contributed by atoms with Crippen LogP contribution in [-0.2, 0) is 42.5 Å². The average molecular weight is 1230 g/mol. The van der Waals surface area contributed by atoms with Crippen LogP contribution in [0, 0.1) is 0 Å². The Kier molecular flexibility index (Phi) is 29.5. The molecule has 480 valence electrons. The molecule has 2 aliphatic rings. The van der Waals surface area contributed by atoms with Crippen LogP contribution in [0.1, 0.15) is 258 Å². The number of fused-ring (bicyclic) bond motifs is 3. The molecule has 1 fully saturated rings. The average Bonchev–Trinajstić information content (AvgIpc) is 1.40. The third kappa shape index (κ3) is 23.9. The second-order valence-corrected chi connectivity index (χ2v) is 44.6. The minimum Gasteiger partial charge on any atom is -0.489 e. The van der Waals surface area contributed by atoms with Gasteiger partial charge < -0.3 is 33.0 Å². The number of nitrogens with zero attached hydrogens (tertiary/aromatic N) is 1. The van der Waals surface area contributed by atoms with Crippen molar-refractivity contribution in [3.63, 3.8) is 0 Å². The number of carbonyl (C=O) groups is 2. The molecule has 5 rings (SSSR count). The van der Waals surface area contributed by atoms with Gasteiger partial charge in [-0.15, -0.1) is 0 Å². The van der Waals surface area contributed by atoms with Crippen LogP contribution in [0.2, 0.25) is 54.4 Å². The maximum Gasteiger partial charge on any atom is 0.245 e. The van der Waals surface area contributed by atoms with Gasteiger partial charge in [-0.05, 0) is 129 Å². The number of hydrogen-bond acceptors (Lipinski definition) is 7. The Morgan fingerprint density at radius 2 is 1.01 bits per heavy atom. The summed E-state index contributed by atoms with van der Waals surface area (Å²) in [5, 5.41) is 3.55. The molecule has 2 heterocycles. The third-order valence-electron chi connectivity index (χ3n) is 20.1. The molecule has 0 radical (unpaired) electrons. The molecule has 0 saturated carbocycles. The molecule has 1 N–H and O–H groups in total. The van der Waals surface area contributed by atoms with E-state index in [9.17, 15) is 9.59 Å². The van der Waals surface area contributed by atoms with E-state index in [4.69, 9.17) is 22.8 Å². The Labute approximate surface area is 523 Å². The molecule has 0 spiro atoms. The molecular weight excluding hydrogens is 1100 g/mol. The molecule has 5 atom stereocenters. The van der Waals surface area contributed by atoms with E-state index >= 15 is 0 Å². The van der Waals surface area contributed by atoms with Gasteiger partial charge in [-0.25, -0.2) is 0 Å². The fourth-order valence-corrected chi connectivity index (χ4v) is 15.8. The van der Waals surface area contributed by atoms with Gasteiger partial charge in [0, 0.05) is 30.7 Å². The molecular formula is C73H124N2O7Si3. The molecule has 85 heavy (non-hydrogen) atoms. The molecule has 1 saturated heterocycles. The summed E-state index contributed by atoms with van der Waals surface area (Å²) in [6, 6.07) is 23.9. The van der Waals surface area contributed by atoms with Crippen LogP contribution in [0.5, 0.6) is 11.5 Å². The van der Waals surface area contributed by atoms with Crippen molar-refractivity contribution >= 4 is 36.8 Å². The number of hydrogen-bond donors (Lipinski definition) is 1. The maximum atomic E-state index is 14.1. The number of rotatable bonds is 39. The number of ether oxygens (including phenoxy) is 2. The summed E-state index contributed by atoms with van der Waals surface area (Å²) in [7, 11) is -6.18. The van der Waals surface area contributed by atoms with Crippen molar-refractivity contribution in [2.75, 3.05) is 6.54 Å². The van der Waals surface area contributed by atoms with E-state index in [1.54, 1.807) is 0 Å². The van der Waals surface area contributed by atoms with E-state index in [0.717, 1.165) is 79.6 Å². The van der Waals surface area contributed by atoms with Gasteiger partial charge in [0.05, 0.1) is 18.2 Å². The van der Waals surface area contributed by atoms with Gasteiger partial charge in [0.2, 0.25) is 11.8 Å². The van der Waals surface area contributed by atoms with Gasteiger partial charge in [-0.1, -0.05) is 239 Å². The van der Waals surface area contributed by atoms with Crippen LogP contribution >= 0.6 is 0 Å². The second-order valence-electron chi connectivity index (χ2n) is 30.3. The van der Waals surface area contributed by atoms with Crippen molar-refractivity contribution in [3.8, 4) is 11.5 Å². The largest absolute Gasteiger partial charge is 0.489 e. The number of amides is 2. The highest BCUT2D eigenvalue weighted by Gasteiger charge is 2.46. The van der Waals surface area contributed by atoms with E-state index in [1.165, 1.54) is 102 Å². The van der Waals surface area contributed by atoms with Crippen molar-refractivity contribution < 1.29 is 32.3 Å². The Hall–Kier alpha value is -3.27. The van der Waals surface area contributed by atoms with E-state index in [0.29, 0.717) is 39.0 Å². The molecule has 2 amide bonds. The lowest BCUT2D eigenvalue weighted by Crippen LogP contribution is -2.55. The number of nitrogens with one attached hydrogen (secondary N) is 1. The van der Waals surface area contributed by atoms with Crippen LogP contribution in [0.3, 0.4) is 0 Å². The number of benzene rings is 3. The van der Waals surface area contributed by atoms with Crippen LogP contribution in [0.4, 0.5) is 0 Å². The number of unbranched alkanes of at least 4 members (excludes halogenated alkanes) is 16. The zero-order valence-electron chi connectivity index (χ0n) is 57.1. The molecule has 0 unspecified atom stereocenters. The van der Waals surface area contributed by atoms with Crippen molar-refractivity contribution in [1.29, 1.82) is 0 Å². The Morgan fingerprint density at radius 1 is 0.553 bits per heavy atom. The highest BCUT2D eigenvalue weighted by atomic mass is 28.4. The topological polar surface area (TPSA) is 95.6 Å². The summed E-state index contributed by atoms with van der Waals surface area (Å²) in [5.41, 5.74) is 4.43. The lowest BCUT2D eigenvalue weighted by Gasteiger charge is -2.46. The molecule has 2 aliphatic heterocycles. The first-order valence-corrected chi connectivity index (χ1v) is 43.0. The minimum absolute atomic E-state index is 0.00788. The monoisotopic (exact) mass is 1220 g/mol. The van der Waals surface area contributed by atoms with Gasteiger partial charge in [0.25, 0.3) is 0 Å². The zero-order valence-corrected chi connectivity index (χ0v) is 60.1. The molecule has 3 aromatic rings.